The van der Waals surface area contributed by atoms with E-state index in [1.807, 2.05) is 49.4 Å². The number of aromatic nitrogens is 1. The van der Waals surface area contributed by atoms with E-state index in [1.165, 1.54) is 0 Å². The Hall–Kier alpha value is -3.67. The first-order valence-electron chi connectivity index (χ1n) is 9.05. The van der Waals surface area contributed by atoms with Crippen LogP contribution in [0.3, 0.4) is 0 Å². The van der Waals surface area contributed by atoms with Crippen LogP contribution in [-0.2, 0) is 13.1 Å². The van der Waals surface area contributed by atoms with Gasteiger partial charge in [0.15, 0.2) is 0 Å². The van der Waals surface area contributed by atoms with Gasteiger partial charge in [0.05, 0.1) is 5.71 Å². The Morgan fingerprint density at radius 3 is 2.75 bits per heavy atom. The lowest BCUT2D eigenvalue weighted by atomic mass is 9.97. The fourth-order valence-corrected chi connectivity index (χ4v) is 3.38. The molecular formula is C22H21N5O. The molecular weight excluding hydrogens is 350 g/mol. The van der Waals surface area contributed by atoms with Crippen molar-refractivity contribution in [2.24, 2.45) is 0 Å². The van der Waals surface area contributed by atoms with Crippen molar-refractivity contribution in [3.05, 3.63) is 88.7 Å². The lowest BCUT2D eigenvalue weighted by Crippen LogP contribution is -2.38. The quantitative estimate of drug-likeness (QED) is 0.479. The predicted molar refractivity (Wildman–Crippen MR) is 110 cm³/mol. The van der Waals surface area contributed by atoms with E-state index in [0.29, 0.717) is 35.7 Å². The number of amides is 2. The van der Waals surface area contributed by atoms with Gasteiger partial charge in [0.1, 0.15) is 0 Å². The maximum Gasteiger partial charge on any atom is 0.322 e. The van der Waals surface area contributed by atoms with Crippen molar-refractivity contribution < 1.29 is 4.79 Å². The Kier molecular flexibility index (Phi) is 4.53. The number of hydrogen-bond donors (Lipinski definition) is 3. The second kappa shape index (κ2) is 7.15. The molecule has 1 aliphatic rings. The highest BCUT2D eigenvalue weighted by atomic mass is 16.2. The number of nitrogens with one attached hydrogen (secondary N) is 2. The number of pyridine rings is 1. The van der Waals surface area contributed by atoms with E-state index >= 15 is 0 Å². The van der Waals surface area contributed by atoms with Gasteiger partial charge in [-0.2, -0.15) is 0 Å². The van der Waals surface area contributed by atoms with Crippen LogP contribution >= 0.6 is 0 Å². The molecule has 140 valence electrons. The smallest absolute Gasteiger partial charge is 0.322 e. The summed E-state index contributed by atoms with van der Waals surface area (Å²) in [7, 11) is 0. The largest absolute Gasteiger partial charge is 0.398 e. The van der Waals surface area contributed by atoms with Gasteiger partial charge in [-0.15, -0.1) is 0 Å². The molecule has 0 aliphatic carbocycles. The Bertz CT molecular complexity index is 1060. The highest BCUT2D eigenvalue weighted by Crippen LogP contribution is 2.30. The molecule has 0 fully saturated rings. The van der Waals surface area contributed by atoms with Crippen molar-refractivity contribution in [1.29, 1.82) is 5.41 Å². The van der Waals surface area contributed by atoms with E-state index < -0.39 is 0 Å². The summed E-state index contributed by atoms with van der Waals surface area (Å²) in [6.07, 6.45) is 1.69. The summed E-state index contributed by atoms with van der Waals surface area (Å²) >= 11 is 0. The van der Waals surface area contributed by atoms with Crippen LogP contribution in [0.25, 0.3) is 0 Å². The Labute approximate surface area is 163 Å². The first-order valence-corrected chi connectivity index (χ1v) is 9.05. The first-order chi connectivity index (χ1) is 13.5. The van der Waals surface area contributed by atoms with E-state index in [0.717, 1.165) is 22.4 Å². The maximum absolute atomic E-state index is 12.5. The molecule has 0 saturated carbocycles. The summed E-state index contributed by atoms with van der Waals surface area (Å²) in [5, 5.41) is 11.5. The zero-order chi connectivity index (χ0) is 19.7. The molecule has 0 atom stereocenters. The second-order valence-corrected chi connectivity index (χ2v) is 6.93. The molecule has 3 aromatic rings. The molecule has 6 nitrogen and oxygen atoms in total. The van der Waals surface area contributed by atoms with Crippen molar-refractivity contribution in [3.8, 4) is 0 Å². The minimum atomic E-state index is -0.150. The normalized spacial score (nSPS) is 13.0. The van der Waals surface area contributed by atoms with Crippen LogP contribution in [0, 0.1) is 12.3 Å². The molecule has 2 amide bonds. The third-order valence-corrected chi connectivity index (χ3v) is 4.84. The monoisotopic (exact) mass is 371 g/mol. The minimum Gasteiger partial charge on any atom is -0.398 e. The summed E-state index contributed by atoms with van der Waals surface area (Å²) in [6.45, 7) is 2.88. The number of nitrogens with zero attached hydrogens (tertiary/aromatic N) is 2. The SMILES string of the molecule is Cc1cc(C(=N)c2cc3c(cc2N)NC(=O)N(Cc2ccccc2)C3)ccn1. The number of aryl methyl sites for hydroxylation is 1. The fourth-order valence-electron chi connectivity index (χ4n) is 3.38. The molecule has 4 rings (SSSR count). The number of nitrogens with two attached hydrogens (primary N) is 1. The predicted octanol–water partition coefficient (Wildman–Crippen LogP) is 3.94. The van der Waals surface area contributed by atoms with Crippen molar-refractivity contribution in [2.45, 2.75) is 20.0 Å². The van der Waals surface area contributed by atoms with Crippen LogP contribution in [0.2, 0.25) is 0 Å². The summed E-state index contributed by atoms with van der Waals surface area (Å²) < 4.78 is 0. The number of carbonyl (C=O) groups is 1. The molecule has 0 unspecified atom stereocenters. The van der Waals surface area contributed by atoms with Gasteiger partial charge >= 0.3 is 6.03 Å². The standard InChI is InChI=1S/C22H21N5O/c1-14-9-16(7-8-25-14)21(24)18-10-17-13-27(12-15-5-3-2-4-6-15)22(28)26-20(17)11-19(18)23/h2-11,24H,12-13,23H2,1H3,(H,26,28). The summed E-state index contributed by atoms with van der Waals surface area (Å²) in [4.78, 5) is 18.4. The Morgan fingerprint density at radius 2 is 2.00 bits per heavy atom. The van der Waals surface area contributed by atoms with Crippen LogP contribution in [0.5, 0.6) is 0 Å². The summed E-state index contributed by atoms with van der Waals surface area (Å²) in [6, 6.07) is 17.0. The molecule has 1 aromatic heterocycles. The number of urea groups is 1. The van der Waals surface area contributed by atoms with Crippen molar-refractivity contribution in [3.63, 3.8) is 0 Å². The molecule has 2 heterocycles. The van der Waals surface area contributed by atoms with Crippen LogP contribution in [0.1, 0.15) is 27.9 Å². The molecule has 1 aliphatic heterocycles. The number of rotatable bonds is 4. The first kappa shape index (κ1) is 17.7. The summed E-state index contributed by atoms with van der Waals surface area (Å²) in [5.74, 6) is 0. The van der Waals surface area contributed by atoms with Gasteiger partial charge in [-0.05, 0) is 42.3 Å². The number of carbonyl (C=O) groups excluding carboxylic acids is 1. The average Bonchev–Trinajstić information content (AvgIpc) is 2.69. The van der Waals surface area contributed by atoms with E-state index in [-0.39, 0.29) is 6.03 Å². The molecule has 6 heteroatoms. The lowest BCUT2D eigenvalue weighted by Gasteiger charge is -2.30. The highest BCUT2D eigenvalue weighted by Gasteiger charge is 2.24. The molecule has 2 aromatic carbocycles. The zero-order valence-corrected chi connectivity index (χ0v) is 15.6. The molecule has 0 saturated heterocycles. The van der Waals surface area contributed by atoms with Crippen molar-refractivity contribution >= 4 is 23.1 Å². The number of nitrogen functional groups attached to an aromatic ring is 1. The van der Waals surface area contributed by atoms with Gasteiger partial charge in [0.2, 0.25) is 0 Å². The molecule has 28 heavy (non-hydrogen) atoms. The van der Waals surface area contributed by atoms with E-state index in [9.17, 15) is 4.79 Å². The zero-order valence-electron chi connectivity index (χ0n) is 15.6. The Balaban J connectivity index is 1.64. The third-order valence-electron chi connectivity index (χ3n) is 4.84. The Morgan fingerprint density at radius 1 is 1.21 bits per heavy atom. The number of hydrogen-bond acceptors (Lipinski definition) is 4. The number of fused-ring (bicyclic) bond motifs is 1. The van der Waals surface area contributed by atoms with Crippen molar-refractivity contribution in [2.75, 3.05) is 11.1 Å². The van der Waals surface area contributed by atoms with Gasteiger partial charge in [-0.1, -0.05) is 30.3 Å². The molecule has 4 N–H and O–H groups in total. The molecule has 0 bridgehead atoms. The molecule has 0 spiro atoms. The van der Waals surface area contributed by atoms with Gasteiger partial charge < -0.3 is 16.0 Å². The van der Waals surface area contributed by atoms with E-state index in [1.54, 1.807) is 23.2 Å². The maximum atomic E-state index is 12.5. The number of anilines is 2. The summed E-state index contributed by atoms with van der Waals surface area (Å²) in [5.41, 5.74) is 12.0. The topological polar surface area (TPSA) is 95.1 Å². The average molecular weight is 371 g/mol. The van der Waals surface area contributed by atoms with Gasteiger partial charge in [0.25, 0.3) is 0 Å². The van der Waals surface area contributed by atoms with Crippen LogP contribution < -0.4 is 11.1 Å². The van der Waals surface area contributed by atoms with Crippen molar-refractivity contribution in [1.82, 2.24) is 9.88 Å². The third kappa shape index (κ3) is 3.44. The van der Waals surface area contributed by atoms with E-state index in [2.05, 4.69) is 10.3 Å². The van der Waals surface area contributed by atoms with Gasteiger partial charge in [-0.25, -0.2) is 4.79 Å². The van der Waals surface area contributed by atoms with Crippen LogP contribution in [-0.4, -0.2) is 21.6 Å². The molecule has 0 radical (unpaired) electrons. The van der Waals surface area contributed by atoms with Crippen LogP contribution in [0.15, 0.2) is 60.8 Å². The number of benzene rings is 2. The van der Waals surface area contributed by atoms with Crippen LogP contribution in [0.4, 0.5) is 16.2 Å². The van der Waals surface area contributed by atoms with Gasteiger partial charge in [0, 0.05) is 47.5 Å². The fraction of sp³-hybridized carbons (Fsp3) is 0.136. The van der Waals surface area contributed by atoms with E-state index in [4.69, 9.17) is 11.1 Å². The second-order valence-electron chi connectivity index (χ2n) is 6.93. The highest BCUT2D eigenvalue weighted by molar-refractivity contribution is 6.14. The van der Waals surface area contributed by atoms with Gasteiger partial charge in [-0.3, -0.25) is 10.4 Å². The lowest BCUT2D eigenvalue weighted by molar-refractivity contribution is 0.204. The minimum absolute atomic E-state index is 0.150.